The Kier molecular flexibility index (Phi) is 4.75. The zero-order valence-corrected chi connectivity index (χ0v) is 14.6. The molecule has 0 saturated carbocycles. The van der Waals surface area contributed by atoms with Crippen LogP contribution in [0.5, 0.6) is 0 Å². The normalized spacial score (nSPS) is 22.1. The first-order valence-electron chi connectivity index (χ1n) is 9.13. The molecule has 1 fully saturated rings. The van der Waals surface area contributed by atoms with Gasteiger partial charge in [0.2, 0.25) is 11.8 Å². The Morgan fingerprint density at radius 3 is 2.85 bits per heavy atom. The summed E-state index contributed by atoms with van der Waals surface area (Å²) < 4.78 is 5.24. The minimum absolute atomic E-state index is 0.0233. The number of furan rings is 1. The third-order valence-electron chi connectivity index (χ3n) is 5.23. The van der Waals surface area contributed by atoms with E-state index in [0.717, 1.165) is 6.42 Å². The maximum absolute atomic E-state index is 13.0. The molecule has 1 aromatic heterocycles. The summed E-state index contributed by atoms with van der Waals surface area (Å²) in [7, 11) is 0. The summed E-state index contributed by atoms with van der Waals surface area (Å²) in [6, 6.07) is 11.1. The average molecular weight is 353 g/mol. The van der Waals surface area contributed by atoms with Crippen LogP contribution in [0.4, 0.5) is 0 Å². The maximum Gasteiger partial charge on any atom is 0.243 e. The van der Waals surface area contributed by atoms with Gasteiger partial charge in [0.1, 0.15) is 11.8 Å². The summed E-state index contributed by atoms with van der Waals surface area (Å²) in [6.45, 7) is 1.67. The monoisotopic (exact) mass is 353 g/mol. The van der Waals surface area contributed by atoms with Crippen LogP contribution < -0.4 is 10.6 Å². The highest BCUT2D eigenvalue weighted by atomic mass is 16.3. The number of benzene rings is 1. The molecular weight excluding hydrogens is 330 g/mol. The number of nitrogens with zero attached hydrogens (tertiary/aromatic N) is 1. The van der Waals surface area contributed by atoms with Crippen LogP contribution in [0.1, 0.15) is 29.7 Å². The van der Waals surface area contributed by atoms with Gasteiger partial charge in [-0.2, -0.15) is 0 Å². The molecule has 4 rings (SSSR count). The van der Waals surface area contributed by atoms with Crippen molar-refractivity contribution in [2.24, 2.45) is 0 Å². The molecule has 0 aliphatic carbocycles. The van der Waals surface area contributed by atoms with Crippen molar-refractivity contribution >= 4 is 11.8 Å². The number of nitrogens with one attached hydrogen (secondary N) is 2. The van der Waals surface area contributed by atoms with E-state index in [1.165, 1.54) is 11.1 Å². The fraction of sp³-hybridized carbons (Fsp3) is 0.400. The highest BCUT2D eigenvalue weighted by molar-refractivity contribution is 5.90. The van der Waals surface area contributed by atoms with Gasteiger partial charge in [-0.15, -0.1) is 0 Å². The molecule has 2 atom stereocenters. The summed E-state index contributed by atoms with van der Waals surface area (Å²) in [5.41, 5.74) is 2.45. The number of carbonyl (C=O) groups is 2. The number of hydrogen-bond acceptors (Lipinski definition) is 4. The molecule has 0 radical (unpaired) electrons. The van der Waals surface area contributed by atoms with Gasteiger partial charge < -0.3 is 20.0 Å². The Hall–Kier alpha value is -2.60. The molecule has 136 valence electrons. The number of amides is 2. The third-order valence-corrected chi connectivity index (χ3v) is 5.23. The van der Waals surface area contributed by atoms with Gasteiger partial charge in [-0.25, -0.2) is 0 Å². The van der Waals surface area contributed by atoms with Gasteiger partial charge >= 0.3 is 0 Å². The lowest BCUT2D eigenvalue weighted by atomic mass is 9.95. The molecule has 6 heteroatoms. The number of rotatable bonds is 4. The largest absolute Gasteiger partial charge is 0.467 e. The smallest absolute Gasteiger partial charge is 0.243 e. The molecule has 6 nitrogen and oxygen atoms in total. The van der Waals surface area contributed by atoms with Gasteiger partial charge in [-0.1, -0.05) is 24.3 Å². The van der Waals surface area contributed by atoms with E-state index in [-0.39, 0.29) is 17.9 Å². The predicted molar refractivity (Wildman–Crippen MR) is 96.1 cm³/mol. The molecule has 1 saturated heterocycles. The van der Waals surface area contributed by atoms with Crippen molar-refractivity contribution in [1.29, 1.82) is 0 Å². The van der Waals surface area contributed by atoms with Crippen LogP contribution in [-0.2, 0) is 29.1 Å². The van der Waals surface area contributed by atoms with E-state index in [0.29, 0.717) is 38.2 Å². The second-order valence-corrected chi connectivity index (χ2v) is 6.89. The quantitative estimate of drug-likeness (QED) is 0.876. The summed E-state index contributed by atoms with van der Waals surface area (Å²) in [5, 5.41) is 6.21. The molecule has 0 bridgehead atoms. The van der Waals surface area contributed by atoms with Crippen LogP contribution in [0.2, 0.25) is 0 Å². The lowest BCUT2D eigenvalue weighted by Crippen LogP contribution is -2.54. The van der Waals surface area contributed by atoms with Gasteiger partial charge in [-0.05, 0) is 42.5 Å². The average Bonchev–Trinajstić information content (AvgIpc) is 3.37. The van der Waals surface area contributed by atoms with Gasteiger partial charge in [0, 0.05) is 13.1 Å². The summed E-state index contributed by atoms with van der Waals surface area (Å²) in [6.07, 6.45) is 3.82. The van der Waals surface area contributed by atoms with Crippen molar-refractivity contribution in [1.82, 2.24) is 15.5 Å². The van der Waals surface area contributed by atoms with Crippen LogP contribution >= 0.6 is 0 Å². The minimum atomic E-state index is -0.392. The zero-order chi connectivity index (χ0) is 17.9. The molecule has 2 amide bonds. The summed E-state index contributed by atoms with van der Waals surface area (Å²) in [4.78, 5) is 27.3. The van der Waals surface area contributed by atoms with E-state index in [1.807, 2.05) is 18.2 Å². The van der Waals surface area contributed by atoms with Gasteiger partial charge in [0.25, 0.3) is 0 Å². The van der Waals surface area contributed by atoms with E-state index in [2.05, 4.69) is 22.8 Å². The lowest BCUT2D eigenvalue weighted by molar-refractivity contribution is -0.140. The standard InChI is InChI=1S/C20H23N3O3/c24-19(22-13-16-7-4-10-26-16)18-8-3-9-23(18)20(25)17-11-14-5-1-2-6-15(14)12-21-17/h1-2,4-7,10,17-18,21H,3,8-9,11-13H2,(H,22,24)/t17-,18-/m0/s1. The molecule has 2 N–H and O–H groups in total. The second-order valence-electron chi connectivity index (χ2n) is 6.89. The summed E-state index contributed by atoms with van der Waals surface area (Å²) in [5.74, 6) is 0.624. The molecule has 1 aromatic carbocycles. The first-order chi connectivity index (χ1) is 12.7. The molecule has 0 spiro atoms. The van der Waals surface area contributed by atoms with Crippen LogP contribution in [0.3, 0.4) is 0 Å². The number of hydrogen-bond donors (Lipinski definition) is 2. The Bertz CT molecular complexity index is 787. The van der Waals surface area contributed by atoms with E-state index in [1.54, 1.807) is 17.2 Å². The van der Waals surface area contributed by atoms with Crippen LogP contribution in [0.15, 0.2) is 47.1 Å². The van der Waals surface area contributed by atoms with E-state index in [4.69, 9.17) is 4.42 Å². The minimum Gasteiger partial charge on any atom is -0.467 e. The number of fused-ring (bicyclic) bond motifs is 1. The van der Waals surface area contributed by atoms with E-state index in [9.17, 15) is 9.59 Å². The third kappa shape index (κ3) is 3.37. The van der Waals surface area contributed by atoms with Crippen molar-refractivity contribution in [3.8, 4) is 0 Å². The molecule has 2 aromatic rings. The van der Waals surface area contributed by atoms with Crippen molar-refractivity contribution in [3.05, 3.63) is 59.5 Å². The Labute approximate surface area is 152 Å². The Balaban J connectivity index is 1.40. The second kappa shape index (κ2) is 7.33. The van der Waals surface area contributed by atoms with Crippen LogP contribution in [0, 0.1) is 0 Å². The van der Waals surface area contributed by atoms with Gasteiger partial charge in [0.05, 0.1) is 18.8 Å². The van der Waals surface area contributed by atoms with E-state index >= 15 is 0 Å². The van der Waals surface area contributed by atoms with Gasteiger partial charge in [-0.3, -0.25) is 9.59 Å². The zero-order valence-electron chi connectivity index (χ0n) is 14.6. The Morgan fingerprint density at radius 1 is 1.19 bits per heavy atom. The van der Waals surface area contributed by atoms with Crippen molar-refractivity contribution in [2.45, 2.75) is 44.4 Å². The highest BCUT2D eigenvalue weighted by Gasteiger charge is 2.37. The Morgan fingerprint density at radius 2 is 2.04 bits per heavy atom. The highest BCUT2D eigenvalue weighted by Crippen LogP contribution is 2.22. The summed E-state index contributed by atoms with van der Waals surface area (Å²) >= 11 is 0. The fourth-order valence-corrected chi connectivity index (χ4v) is 3.84. The van der Waals surface area contributed by atoms with Crippen molar-refractivity contribution in [2.75, 3.05) is 6.54 Å². The van der Waals surface area contributed by atoms with Crippen molar-refractivity contribution in [3.63, 3.8) is 0 Å². The SMILES string of the molecule is O=C(NCc1ccco1)[C@@H]1CCCN1C(=O)[C@@H]1Cc2ccccc2CN1. The molecule has 3 heterocycles. The fourth-order valence-electron chi connectivity index (χ4n) is 3.84. The number of likely N-dealkylation sites (tertiary alicyclic amines) is 1. The van der Waals surface area contributed by atoms with Crippen LogP contribution in [0.25, 0.3) is 0 Å². The lowest BCUT2D eigenvalue weighted by Gasteiger charge is -2.31. The maximum atomic E-state index is 13.0. The molecular formula is C20H23N3O3. The topological polar surface area (TPSA) is 74.6 Å². The number of carbonyl (C=O) groups excluding carboxylic acids is 2. The van der Waals surface area contributed by atoms with Crippen LogP contribution in [-0.4, -0.2) is 35.3 Å². The van der Waals surface area contributed by atoms with E-state index < -0.39 is 6.04 Å². The van der Waals surface area contributed by atoms with Gasteiger partial charge in [0.15, 0.2) is 0 Å². The molecule has 26 heavy (non-hydrogen) atoms. The molecule has 2 aliphatic heterocycles. The first kappa shape index (κ1) is 16.8. The predicted octanol–water partition coefficient (Wildman–Crippen LogP) is 1.60. The van der Waals surface area contributed by atoms with Crippen molar-refractivity contribution < 1.29 is 14.0 Å². The molecule has 2 aliphatic rings. The first-order valence-corrected chi connectivity index (χ1v) is 9.13. The molecule has 0 unspecified atom stereocenters.